The van der Waals surface area contributed by atoms with Crippen molar-refractivity contribution < 1.29 is 0 Å². The summed E-state index contributed by atoms with van der Waals surface area (Å²) in [5.74, 6) is 1.60. The number of halogens is 1. The highest BCUT2D eigenvalue weighted by atomic mass is 35.5. The maximum absolute atomic E-state index is 2.67. The van der Waals surface area contributed by atoms with Crippen molar-refractivity contribution in [2.75, 3.05) is 13.1 Å². The summed E-state index contributed by atoms with van der Waals surface area (Å²) in [5, 5.41) is 0. The highest BCUT2D eigenvalue weighted by Gasteiger charge is 2.33. The van der Waals surface area contributed by atoms with E-state index in [1.54, 1.807) is 11.1 Å². The maximum atomic E-state index is 2.67. The lowest BCUT2D eigenvalue weighted by molar-refractivity contribution is 0.138. The Hall–Kier alpha value is -1.31. The van der Waals surface area contributed by atoms with Crippen molar-refractivity contribution in [3.63, 3.8) is 0 Å². The molecule has 0 N–H and O–H groups in total. The molecule has 0 saturated carbocycles. The van der Waals surface area contributed by atoms with Crippen LogP contribution in [0.15, 0.2) is 48.5 Å². The summed E-state index contributed by atoms with van der Waals surface area (Å²) in [4.78, 5) is 2.67. The van der Waals surface area contributed by atoms with Gasteiger partial charge in [-0.2, -0.15) is 0 Å². The molecule has 1 saturated heterocycles. The minimum atomic E-state index is 0. The van der Waals surface area contributed by atoms with Crippen LogP contribution in [0.25, 0.3) is 0 Å². The topological polar surface area (TPSA) is 3.24 Å². The lowest BCUT2D eigenvalue weighted by Crippen LogP contribution is -2.42. The first-order valence-corrected chi connectivity index (χ1v) is 8.70. The SMILES string of the molecule is CCc1ccc2c(c1)CC1CC2CN(Cc2ccccc2)C1.Cl. The third-order valence-corrected chi connectivity index (χ3v) is 5.43. The summed E-state index contributed by atoms with van der Waals surface area (Å²) in [6.45, 7) is 5.86. The summed E-state index contributed by atoms with van der Waals surface area (Å²) < 4.78 is 0. The Labute approximate surface area is 146 Å². The van der Waals surface area contributed by atoms with Crippen molar-refractivity contribution in [3.05, 3.63) is 70.8 Å². The van der Waals surface area contributed by atoms with E-state index in [9.17, 15) is 0 Å². The predicted molar refractivity (Wildman–Crippen MR) is 99.3 cm³/mol. The van der Waals surface area contributed by atoms with Crippen LogP contribution in [-0.2, 0) is 19.4 Å². The normalized spacial score (nSPS) is 23.0. The number of aryl methyl sites for hydroxylation is 1. The first-order chi connectivity index (χ1) is 10.8. The molecular formula is C21H26ClN. The molecule has 2 aromatic carbocycles. The highest BCUT2D eigenvalue weighted by molar-refractivity contribution is 5.85. The molecule has 4 rings (SSSR count). The number of fused-ring (bicyclic) bond motifs is 4. The van der Waals surface area contributed by atoms with Gasteiger partial charge in [0.1, 0.15) is 0 Å². The molecule has 0 aromatic heterocycles. The van der Waals surface area contributed by atoms with E-state index in [-0.39, 0.29) is 12.4 Å². The fourth-order valence-electron chi connectivity index (χ4n) is 4.41. The molecule has 2 heteroatoms. The molecule has 2 aliphatic rings. The van der Waals surface area contributed by atoms with Crippen molar-refractivity contribution in [3.8, 4) is 0 Å². The van der Waals surface area contributed by atoms with Crippen LogP contribution in [0.1, 0.15) is 41.5 Å². The van der Waals surface area contributed by atoms with Crippen LogP contribution >= 0.6 is 12.4 Å². The van der Waals surface area contributed by atoms with Crippen LogP contribution in [0, 0.1) is 5.92 Å². The minimum absolute atomic E-state index is 0. The largest absolute Gasteiger partial charge is 0.298 e. The van der Waals surface area contributed by atoms with Crippen molar-refractivity contribution in [1.82, 2.24) is 4.90 Å². The van der Waals surface area contributed by atoms with E-state index in [2.05, 4.69) is 60.4 Å². The molecule has 2 aromatic rings. The molecular weight excluding hydrogens is 302 g/mol. The maximum Gasteiger partial charge on any atom is 0.0234 e. The Morgan fingerprint density at radius 2 is 1.83 bits per heavy atom. The monoisotopic (exact) mass is 327 g/mol. The van der Waals surface area contributed by atoms with Crippen LogP contribution < -0.4 is 0 Å². The van der Waals surface area contributed by atoms with E-state index in [0.29, 0.717) is 0 Å². The summed E-state index contributed by atoms with van der Waals surface area (Å²) in [7, 11) is 0. The number of piperidine rings is 1. The average Bonchev–Trinajstić information content (AvgIpc) is 2.55. The second-order valence-electron chi connectivity index (χ2n) is 7.07. The van der Waals surface area contributed by atoms with Gasteiger partial charge in [-0.05, 0) is 53.4 Å². The molecule has 2 unspecified atom stereocenters. The number of likely N-dealkylation sites (tertiary alicyclic amines) is 1. The second kappa shape index (κ2) is 7.07. The fraction of sp³-hybridized carbons (Fsp3) is 0.429. The third-order valence-electron chi connectivity index (χ3n) is 5.43. The van der Waals surface area contributed by atoms with Gasteiger partial charge in [0.25, 0.3) is 0 Å². The first kappa shape index (κ1) is 16.5. The van der Waals surface area contributed by atoms with E-state index in [1.807, 2.05) is 0 Å². The van der Waals surface area contributed by atoms with Crippen molar-refractivity contribution in [1.29, 1.82) is 0 Å². The molecule has 1 heterocycles. The Balaban J connectivity index is 0.00000156. The van der Waals surface area contributed by atoms with E-state index >= 15 is 0 Å². The van der Waals surface area contributed by atoms with Gasteiger partial charge >= 0.3 is 0 Å². The van der Waals surface area contributed by atoms with Gasteiger partial charge in [0.15, 0.2) is 0 Å². The van der Waals surface area contributed by atoms with Gasteiger partial charge in [-0.1, -0.05) is 55.5 Å². The zero-order chi connectivity index (χ0) is 14.9. The Bertz CT molecular complexity index is 652. The molecule has 0 spiro atoms. The van der Waals surface area contributed by atoms with E-state index < -0.39 is 0 Å². The fourth-order valence-corrected chi connectivity index (χ4v) is 4.41. The lowest BCUT2D eigenvalue weighted by atomic mass is 9.73. The zero-order valence-electron chi connectivity index (χ0n) is 13.9. The first-order valence-electron chi connectivity index (χ1n) is 8.70. The van der Waals surface area contributed by atoms with Gasteiger partial charge in [0.2, 0.25) is 0 Å². The number of benzene rings is 2. The molecule has 1 nitrogen and oxygen atoms in total. The molecule has 122 valence electrons. The van der Waals surface area contributed by atoms with E-state index in [0.717, 1.165) is 24.8 Å². The molecule has 23 heavy (non-hydrogen) atoms. The lowest BCUT2D eigenvalue weighted by Gasteiger charge is -2.42. The minimum Gasteiger partial charge on any atom is -0.298 e. The van der Waals surface area contributed by atoms with Gasteiger partial charge in [0, 0.05) is 19.6 Å². The van der Waals surface area contributed by atoms with Gasteiger partial charge in [0.05, 0.1) is 0 Å². The number of rotatable bonds is 3. The summed E-state index contributed by atoms with van der Waals surface area (Å²) >= 11 is 0. The van der Waals surface area contributed by atoms with Crippen molar-refractivity contribution in [2.24, 2.45) is 5.92 Å². The van der Waals surface area contributed by atoms with Crippen LogP contribution in [0.4, 0.5) is 0 Å². The molecule has 2 bridgehead atoms. The number of hydrogen-bond donors (Lipinski definition) is 0. The summed E-state index contributed by atoms with van der Waals surface area (Å²) in [6, 6.07) is 18.2. The van der Waals surface area contributed by atoms with Gasteiger partial charge in [-0.15, -0.1) is 12.4 Å². The van der Waals surface area contributed by atoms with Crippen molar-refractivity contribution >= 4 is 12.4 Å². The van der Waals surface area contributed by atoms with Gasteiger partial charge in [-0.3, -0.25) is 4.90 Å². The summed E-state index contributed by atoms with van der Waals surface area (Å²) in [5.41, 5.74) is 6.22. The zero-order valence-corrected chi connectivity index (χ0v) is 14.7. The van der Waals surface area contributed by atoms with Crippen LogP contribution in [0.5, 0.6) is 0 Å². The average molecular weight is 328 g/mol. The molecule has 1 aliphatic carbocycles. The summed E-state index contributed by atoms with van der Waals surface area (Å²) in [6.07, 6.45) is 3.83. The van der Waals surface area contributed by atoms with Crippen LogP contribution in [0.3, 0.4) is 0 Å². The van der Waals surface area contributed by atoms with Crippen LogP contribution in [0.2, 0.25) is 0 Å². The van der Waals surface area contributed by atoms with Gasteiger partial charge in [-0.25, -0.2) is 0 Å². The molecule has 1 aliphatic heterocycles. The van der Waals surface area contributed by atoms with Crippen molar-refractivity contribution in [2.45, 2.75) is 38.6 Å². The smallest absolute Gasteiger partial charge is 0.0234 e. The molecule has 0 amide bonds. The highest BCUT2D eigenvalue weighted by Crippen LogP contribution is 2.40. The molecule has 2 atom stereocenters. The molecule has 0 radical (unpaired) electrons. The Morgan fingerprint density at radius 1 is 1.00 bits per heavy atom. The van der Waals surface area contributed by atoms with Gasteiger partial charge < -0.3 is 0 Å². The number of nitrogens with zero attached hydrogens (tertiary/aromatic N) is 1. The third kappa shape index (κ3) is 3.46. The predicted octanol–water partition coefficient (Wildman–Crippen LogP) is 4.83. The van der Waals surface area contributed by atoms with E-state index in [1.165, 1.54) is 37.1 Å². The Morgan fingerprint density at radius 3 is 2.61 bits per heavy atom. The standard InChI is InChI=1S/C21H25N.ClH/c1-2-16-8-9-21-19(10-16)11-18-12-20(21)15-22(14-18)13-17-6-4-3-5-7-17;/h3-10,18,20H,2,11-15H2,1H3;1H. The second-order valence-corrected chi connectivity index (χ2v) is 7.07. The number of hydrogen-bond acceptors (Lipinski definition) is 1. The Kier molecular flexibility index (Phi) is 5.08. The quantitative estimate of drug-likeness (QED) is 0.780. The molecule has 1 fully saturated rings. The van der Waals surface area contributed by atoms with Crippen LogP contribution in [-0.4, -0.2) is 18.0 Å². The van der Waals surface area contributed by atoms with E-state index in [4.69, 9.17) is 0 Å².